The van der Waals surface area contributed by atoms with Crippen LogP contribution in [0.2, 0.25) is 0 Å². The molecule has 0 aliphatic carbocycles. The molecule has 4 nitrogen and oxygen atoms in total. The van der Waals surface area contributed by atoms with Crippen molar-refractivity contribution in [2.24, 2.45) is 0 Å². The van der Waals surface area contributed by atoms with Gasteiger partial charge >= 0.3 is 5.97 Å². The molecule has 0 aliphatic rings. The predicted molar refractivity (Wildman–Crippen MR) is 53.4 cm³/mol. The Bertz CT molecular complexity index is 335. The molecule has 1 aromatic rings. The number of esters is 1. The smallest absolute Gasteiger partial charge is 0.341 e. The van der Waals surface area contributed by atoms with Crippen molar-refractivity contribution in [3.05, 3.63) is 16.1 Å². The van der Waals surface area contributed by atoms with E-state index in [0.29, 0.717) is 22.6 Å². The number of carbonyl (C=O) groups excluding carboxylic acids is 1. The maximum absolute atomic E-state index is 11.4. The minimum Gasteiger partial charge on any atom is -0.465 e. The summed E-state index contributed by atoms with van der Waals surface area (Å²) in [6, 6.07) is 0. The number of ether oxygens (including phenoxy) is 1. The summed E-state index contributed by atoms with van der Waals surface area (Å²) in [6.07, 6.45) is -0.0682. The van der Waals surface area contributed by atoms with Gasteiger partial charge in [-0.25, -0.2) is 4.79 Å². The fourth-order valence-electron chi connectivity index (χ4n) is 1.15. The number of aryl methyl sites for hydroxylation is 1. The molecule has 78 valence electrons. The molecule has 1 N–H and O–H groups in total. The molecule has 5 heteroatoms. The van der Waals surface area contributed by atoms with E-state index in [1.807, 2.05) is 6.92 Å². The second-order valence-corrected chi connectivity index (χ2v) is 3.73. The van der Waals surface area contributed by atoms with Crippen LogP contribution in [0.25, 0.3) is 0 Å². The van der Waals surface area contributed by atoms with E-state index in [-0.39, 0.29) is 0 Å². The zero-order valence-corrected chi connectivity index (χ0v) is 9.22. The second kappa shape index (κ2) is 4.52. The summed E-state index contributed by atoms with van der Waals surface area (Å²) < 4.78 is 8.66. The summed E-state index contributed by atoms with van der Waals surface area (Å²) >= 11 is 1.15. The van der Waals surface area contributed by atoms with Gasteiger partial charge in [0.05, 0.1) is 29.3 Å². The number of methoxy groups -OCH3 is 1. The van der Waals surface area contributed by atoms with E-state index in [1.165, 1.54) is 7.11 Å². The Balaban J connectivity index is 3.12. The minimum absolute atomic E-state index is 0.409. The Morgan fingerprint density at radius 1 is 1.71 bits per heavy atom. The first-order valence-electron chi connectivity index (χ1n) is 4.34. The molecule has 1 heterocycles. The zero-order chi connectivity index (χ0) is 10.7. The summed E-state index contributed by atoms with van der Waals surface area (Å²) in [4.78, 5) is 12.0. The van der Waals surface area contributed by atoms with Crippen LogP contribution >= 0.6 is 11.5 Å². The van der Waals surface area contributed by atoms with E-state index in [1.54, 1.807) is 6.92 Å². The van der Waals surface area contributed by atoms with Crippen molar-refractivity contribution in [1.29, 1.82) is 0 Å². The summed E-state index contributed by atoms with van der Waals surface area (Å²) in [6.45, 7) is 3.58. The standard InChI is InChI=1S/C9H13NO3S/c1-4-6(11)8-7(9(12)13-3)5(2)10-14-8/h6,11H,4H2,1-3H3. The maximum Gasteiger partial charge on any atom is 0.341 e. The van der Waals surface area contributed by atoms with Crippen molar-refractivity contribution in [3.63, 3.8) is 0 Å². The third kappa shape index (κ3) is 1.93. The van der Waals surface area contributed by atoms with Gasteiger partial charge in [-0.1, -0.05) is 6.92 Å². The minimum atomic E-state index is -0.629. The van der Waals surface area contributed by atoms with Gasteiger partial charge in [-0.15, -0.1) is 0 Å². The fraction of sp³-hybridized carbons (Fsp3) is 0.556. The van der Waals surface area contributed by atoms with E-state index in [0.717, 1.165) is 11.5 Å². The molecule has 1 unspecified atom stereocenters. The first-order valence-corrected chi connectivity index (χ1v) is 5.11. The lowest BCUT2D eigenvalue weighted by molar-refractivity contribution is 0.0593. The van der Waals surface area contributed by atoms with Crippen LogP contribution in [0.4, 0.5) is 0 Å². The van der Waals surface area contributed by atoms with Gasteiger partial charge < -0.3 is 9.84 Å². The molecule has 0 aromatic carbocycles. The van der Waals surface area contributed by atoms with Crippen molar-refractivity contribution in [1.82, 2.24) is 4.37 Å². The number of nitrogens with zero attached hydrogens (tertiary/aromatic N) is 1. The van der Waals surface area contributed by atoms with Crippen LogP contribution in [-0.4, -0.2) is 22.6 Å². The van der Waals surface area contributed by atoms with Crippen molar-refractivity contribution < 1.29 is 14.6 Å². The second-order valence-electron chi connectivity index (χ2n) is 2.92. The largest absolute Gasteiger partial charge is 0.465 e. The van der Waals surface area contributed by atoms with E-state index in [2.05, 4.69) is 9.11 Å². The highest BCUT2D eigenvalue weighted by atomic mass is 32.1. The topological polar surface area (TPSA) is 59.4 Å². The van der Waals surface area contributed by atoms with Crippen molar-refractivity contribution in [2.45, 2.75) is 26.4 Å². The van der Waals surface area contributed by atoms with Gasteiger partial charge in [-0.2, -0.15) is 4.37 Å². The lowest BCUT2D eigenvalue weighted by Gasteiger charge is -2.06. The van der Waals surface area contributed by atoms with Gasteiger partial charge in [-0.05, 0) is 24.9 Å². The monoisotopic (exact) mass is 215 g/mol. The lowest BCUT2D eigenvalue weighted by Crippen LogP contribution is -2.07. The molecule has 0 bridgehead atoms. The Hall–Kier alpha value is -0.940. The Morgan fingerprint density at radius 2 is 2.36 bits per heavy atom. The summed E-state index contributed by atoms with van der Waals surface area (Å²) in [5.74, 6) is -0.432. The molecule has 0 spiro atoms. The summed E-state index contributed by atoms with van der Waals surface area (Å²) in [5.41, 5.74) is 1.02. The third-order valence-corrected chi connectivity index (χ3v) is 3.01. The third-order valence-electron chi connectivity index (χ3n) is 1.97. The fourth-order valence-corrected chi connectivity index (χ4v) is 2.09. The average molecular weight is 215 g/mol. The molecular formula is C9H13NO3S. The molecule has 1 atom stereocenters. The van der Waals surface area contributed by atoms with E-state index < -0.39 is 12.1 Å². The predicted octanol–water partition coefficient (Wildman–Crippen LogP) is 1.68. The van der Waals surface area contributed by atoms with Crippen molar-refractivity contribution >= 4 is 17.5 Å². The molecule has 0 aliphatic heterocycles. The van der Waals surface area contributed by atoms with Gasteiger partial charge in [0.2, 0.25) is 0 Å². The van der Waals surface area contributed by atoms with Crippen LogP contribution in [0, 0.1) is 6.92 Å². The van der Waals surface area contributed by atoms with Crippen LogP contribution in [0.5, 0.6) is 0 Å². The SMILES string of the molecule is CCC(O)c1snc(C)c1C(=O)OC. The highest BCUT2D eigenvalue weighted by Crippen LogP contribution is 2.27. The molecular weight excluding hydrogens is 202 g/mol. The molecule has 1 aromatic heterocycles. The Kier molecular flexibility index (Phi) is 3.60. The number of aromatic nitrogens is 1. The number of rotatable bonds is 3. The average Bonchev–Trinajstić information content (AvgIpc) is 2.58. The van der Waals surface area contributed by atoms with Gasteiger partial charge in [0.15, 0.2) is 0 Å². The van der Waals surface area contributed by atoms with Crippen LogP contribution < -0.4 is 0 Å². The molecule has 0 saturated heterocycles. The van der Waals surface area contributed by atoms with Gasteiger partial charge in [-0.3, -0.25) is 0 Å². The van der Waals surface area contributed by atoms with Crippen LogP contribution in [0.1, 0.15) is 40.4 Å². The van der Waals surface area contributed by atoms with Crippen molar-refractivity contribution in [2.75, 3.05) is 7.11 Å². The molecule has 0 amide bonds. The normalized spacial score (nSPS) is 12.6. The number of carbonyl (C=O) groups is 1. The van der Waals surface area contributed by atoms with Crippen LogP contribution in [0.3, 0.4) is 0 Å². The van der Waals surface area contributed by atoms with E-state index in [9.17, 15) is 9.90 Å². The van der Waals surface area contributed by atoms with E-state index >= 15 is 0 Å². The lowest BCUT2D eigenvalue weighted by atomic mass is 10.1. The van der Waals surface area contributed by atoms with Crippen molar-refractivity contribution in [3.8, 4) is 0 Å². The summed E-state index contributed by atoms with van der Waals surface area (Å²) in [7, 11) is 1.32. The number of hydrogen-bond donors (Lipinski definition) is 1. The quantitative estimate of drug-likeness (QED) is 0.779. The molecule has 1 rings (SSSR count). The first-order chi connectivity index (χ1) is 6.61. The highest BCUT2D eigenvalue weighted by molar-refractivity contribution is 7.06. The van der Waals surface area contributed by atoms with Gasteiger partial charge in [0, 0.05) is 0 Å². The van der Waals surface area contributed by atoms with Crippen LogP contribution in [0.15, 0.2) is 0 Å². The Labute approximate surface area is 86.7 Å². The molecule has 0 saturated carbocycles. The number of hydrogen-bond acceptors (Lipinski definition) is 5. The van der Waals surface area contributed by atoms with Gasteiger partial charge in [0.1, 0.15) is 0 Å². The number of aliphatic hydroxyl groups excluding tert-OH is 1. The summed E-state index contributed by atoms with van der Waals surface area (Å²) in [5, 5.41) is 9.63. The Morgan fingerprint density at radius 3 is 2.86 bits per heavy atom. The van der Waals surface area contributed by atoms with Crippen LogP contribution in [-0.2, 0) is 4.74 Å². The maximum atomic E-state index is 11.4. The van der Waals surface area contributed by atoms with Gasteiger partial charge in [0.25, 0.3) is 0 Å². The molecule has 14 heavy (non-hydrogen) atoms. The first kappa shape index (κ1) is 11.1. The van der Waals surface area contributed by atoms with E-state index in [4.69, 9.17) is 0 Å². The highest BCUT2D eigenvalue weighted by Gasteiger charge is 2.22. The molecule has 0 fully saturated rings. The number of aliphatic hydroxyl groups is 1. The zero-order valence-electron chi connectivity index (χ0n) is 8.40. The molecule has 0 radical (unpaired) electrons.